The van der Waals surface area contributed by atoms with Crippen molar-refractivity contribution in [3.05, 3.63) is 33.8 Å². The second-order valence-electron chi connectivity index (χ2n) is 6.21. The highest BCUT2D eigenvalue weighted by molar-refractivity contribution is 6.42. The molecule has 1 aliphatic heterocycles. The van der Waals surface area contributed by atoms with Crippen LogP contribution in [-0.4, -0.2) is 63.1 Å². The van der Waals surface area contributed by atoms with Gasteiger partial charge in [-0.2, -0.15) is 0 Å². The molecule has 2 rings (SSSR count). The van der Waals surface area contributed by atoms with Crippen LogP contribution in [0.4, 0.5) is 0 Å². The van der Waals surface area contributed by atoms with Crippen molar-refractivity contribution in [3.63, 3.8) is 0 Å². The van der Waals surface area contributed by atoms with Crippen LogP contribution in [0.5, 0.6) is 0 Å². The first-order chi connectivity index (χ1) is 12.6. The summed E-state index contributed by atoms with van der Waals surface area (Å²) < 4.78 is 0. The first-order valence-electron chi connectivity index (χ1n) is 9.00. The van der Waals surface area contributed by atoms with E-state index in [0.717, 1.165) is 19.0 Å². The van der Waals surface area contributed by atoms with Crippen LogP contribution >= 0.6 is 23.2 Å². The van der Waals surface area contributed by atoms with E-state index in [0.29, 0.717) is 28.7 Å². The summed E-state index contributed by atoms with van der Waals surface area (Å²) in [6.45, 7) is 5.31. The molecule has 1 heterocycles. The summed E-state index contributed by atoms with van der Waals surface area (Å²) in [6, 6.07) is 4.83. The molecular formula is C18H27Cl2N5O. The van der Waals surface area contributed by atoms with Gasteiger partial charge in [-0.3, -0.25) is 9.79 Å². The molecule has 1 amide bonds. The molecule has 1 aromatic rings. The highest BCUT2D eigenvalue weighted by Gasteiger charge is 2.10. The predicted molar refractivity (Wildman–Crippen MR) is 108 cm³/mol. The molecule has 26 heavy (non-hydrogen) atoms. The molecule has 0 atom stereocenters. The maximum Gasteiger partial charge on any atom is 0.251 e. The quantitative estimate of drug-likeness (QED) is 0.374. The van der Waals surface area contributed by atoms with Gasteiger partial charge in [-0.05, 0) is 44.1 Å². The topological polar surface area (TPSA) is 68.8 Å². The predicted octanol–water partition coefficient (Wildman–Crippen LogP) is 2.37. The average molecular weight is 400 g/mol. The number of likely N-dealkylation sites (tertiary alicyclic amines) is 1. The monoisotopic (exact) mass is 399 g/mol. The van der Waals surface area contributed by atoms with Crippen LogP contribution in [0, 0.1) is 0 Å². The molecule has 0 spiro atoms. The highest BCUT2D eigenvalue weighted by atomic mass is 35.5. The Hall–Kier alpha value is -1.50. The Balaban J connectivity index is 1.62. The van der Waals surface area contributed by atoms with Crippen molar-refractivity contribution in [2.45, 2.75) is 19.3 Å². The summed E-state index contributed by atoms with van der Waals surface area (Å²) in [4.78, 5) is 18.7. The van der Waals surface area contributed by atoms with Crippen LogP contribution in [0.3, 0.4) is 0 Å². The van der Waals surface area contributed by atoms with Gasteiger partial charge in [0.1, 0.15) is 0 Å². The molecule has 3 N–H and O–H groups in total. The summed E-state index contributed by atoms with van der Waals surface area (Å²) in [6.07, 6.45) is 3.94. The summed E-state index contributed by atoms with van der Waals surface area (Å²) in [5.74, 6) is 0.559. The number of benzene rings is 1. The Morgan fingerprint density at radius 3 is 2.42 bits per heavy atom. The minimum absolute atomic E-state index is 0.182. The lowest BCUT2D eigenvalue weighted by Crippen LogP contribution is -2.44. The van der Waals surface area contributed by atoms with E-state index in [1.807, 2.05) is 0 Å². The number of hydrogen-bond donors (Lipinski definition) is 3. The molecule has 1 saturated heterocycles. The van der Waals surface area contributed by atoms with Crippen molar-refractivity contribution in [3.8, 4) is 0 Å². The molecule has 0 aliphatic carbocycles. The molecule has 0 saturated carbocycles. The number of piperidine rings is 1. The van der Waals surface area contributed by atoms with E-state index in [1.54, 1.807) is 25.2 Å². The molecule has 8 heteroatoms. The number of carbonyl (C=O) groups excluding carboxylic acids is 1. The minimum atomic E-state index is -0.182. The Bertz CT molecular complexity index is 618. The van der Waals surface area contributed by atoms with Crippen LogP contribution < -0.4 is 16.0 Å². The van der Waals surface area contributed by atoms with Gasteiger partial charge in [-0.1, -0.05) is 29.6 Å². The highest BCUT2D eigenvalue weighted by Crippen LogP contribution is 2.22. The maximum absolute atomic E-state index is 12.1. The van der Waals surface area contributed by atoms with E-state index >= 15 is 0 Å². The van der Waals surface area contributed by atoms with Crippen LogP contribution in [0.15, 0.2) is 23.2 Å². The van der Waals surface area contributed by atoms with Crippen LogP contribution in [0.1, 0.15) is 29.6 Å². The third-order valence-corrected chi connectivity index (χ3v) is 5.02. The average Bonchev–Trinajstić information content (AvgIpc) is 2.66. The van der Waals surface area contributed by atoms with Crippen molar-refractivity contribution in [2.24, 2.45) is 4.99 Å². The molecule has 144 valence electrons. The Morgan fingerprint density at radius 1 is 1.04 bits per heavy atom. The van der Waals surface area contributed by atoms with Gasteiger partial charge < -0.3 is 20.9 Å². The van der Waals surface area contributed by atoms with E-state index in [-0.39, 0.29) is 5.91 Å². The Morgan fingerprint density at radius 2 is 1.73 bits per heavy atom. The van der Waals surface area contributed by atoms with Gasteiger partial charge >= 0.3 is 0 Å². The molecule has 0 radical (unpaired) electrons. The number of amides is 1. The molecular weight excluding hydrogens is 373 g/mol. The van der Waals surface area contributed by atoms with Crippen LogP contribution in [0.25, 0.3) is 0 Å². The second-order valence-corrected chi connectivity index (χ2v) is 7.03. The van der Waals surface area contributed by atoms with E-state index in [4.69, 9.17) is 23.2 Å². The molecule has 1 aromatic carbocycles. The Labute approximate surface area is 165 Å². The van der Waals surface area contributed by atoms with Gasteiger partial charge in [0, 0.05) is 38.8 Å². The van der Waals surface area contributed by atoms with Crippen molar-refractivity contribution >= 4 is 35.1 Å². The first kappa shape index (κ1) is 20.8. The lowest BCUT2D eigenvalue weighted by atomic mass is 10.1. The number of guanidine groups is 1. The number of hydrogen-bond acceptors (Lipinski definition) is 3. The fraction of sp³-hybridized carbons (Fsp3) is 0.556. The number of aliphatic imine (C=N–C) groups is 1. The second kappa shape index (κ2) is 11.3. The summed E-state index contributed by atoms with van der Waals surface area (Å²) in [5.41, 5.74) is 0.489. The zero-order chi connectivity index (χ0) is 18.8. The molecule has 0 unspecified atom stereocenters. The van der Waals surface area contributed by atoms with Crippen molar-refractivity contribution in [2.75, 3.05) is 46.3 Å². The van der Waals surface area contributed by atoms with Gasteiger partial charge in [0.25, 0.3) is 5.91 Å². The molecule has 1 fully saturated rings. The van der Waals surface area contributed by atoms with Gasteiger partial charge in [-0.15, -0.1) is 0 Å². The largest absolute Gasteiger partial charge is 0.355 e. The summed E-state index contributed by atoms with van der Waals surface area (Å²) in [5, 5.41) is 10.1. The first-order valence-corrected chi connectivity index (χ1v) is 9.76. The van der Waals surface area contributed by atoms with E-state index in [1.165, 1.54) is 32.4 Å². The lowest BCUT2D eigenvalue weighted by Gasteiger charge is -2.26. The van der Waals surface area contributed by atoms with Crippen LogP contribution in [-0.2, 0) is 0 Å². The van der Waals surface area contributed by atoms with E-state index < -0.39 is 0 Å². The molecule has 6 nitrogen and oxygen atoms in total. The zero-order valence-electron chi connectivity index (χ0n) is 15.2. The number of carbonyl (C=O) groups is 1. The van der Waals surface area contributed by atoms with E-state index in [2.05, 4.69) is 25.8 Å². The molecule has 0 bridgehead atoms. The number of halogens is 2. The van der Waals surface area contributed by atoms with Crippen LogP contribution in [0.2, 0.25) is 10.0 Å². The van der Waals surface area contributed by atoms with Gasteiger partial charge in [0.2, 0.25) is 0 Å². The number of nitrogens with one attached hydrogen (secondary N) is 3. The fourth-order valence-corrected chi connectivity index (χ4v) is 3.13. The number of nitrogens with zero attached hydrogens (tertiary/aromatic N) is 2. The standard InChI is InChI=1S/C18H27Cl2N5O/c1-21-18(24-9-12-25-10-3-2-4-11-25)23-8-7-22-17(26)14-5-6-15(19)16(20)13-14/h5-6,13H,2-4,7-12H2,1H3,(H,22,26)(H2,21,23,24). The smallest absolute Gasteiger partial charge is 0.251 e. The summed E-state index contributed by atoms with van der Waals surface area (Å²) in [7, 11) is 1.74. The normalized spacial score (nSPS) is 15.6. The minimum Gasteiger partial charge on any atom is -0.355 e. The molecule has 1 aliphatic rings. The van der Waals surface area contributed by atoms with E-state index in [9.17, 15) is 4.79 Å². The maximum atomic E-state index is 12.1. The van der Waals surface area contributed by atoms with Gasteiger partial charge in [-0.25, -0.2) is 0 Å². The zero-order valence-corrected chi connectivity index (χ0v) is 16.7. The fourth-order valence-electron chi connectivity index (χ4n) is 2.83. The lowest BCUT2D eigenvalue weighted by molar-refractivity contribution is 0.0954. The molecule has 0 aromatic heterocycles. The summed E-state index contributed by atoms with van der Waals surface area (Å²) >= 11 is 11.8. The Kier molecular flexibility index (Phi) is 9.01. The van der Waals surface area contributed by atoms with Crippen molar-refractivity contribution < 1.29 is 4.79 Å². The third-order valence-electron chi connectivity index (χ3n) is 4.28. The van der Waals surface area contributed by atoms with Gasteiger partial charge in [0.05, 0.1) is 10.0 Å². The van der Waals surface area contributed by atoms with Crippen molar-refractivity contribution in [1.82, 2.24) is 20.9 Å². The third kappa shape index (κ3) is 7.02. The van der Waals surface area contributed by atoms with Crippen molar-refractivity contribution in [1.29, 1.82) is 0 Å². The number of rotatable bonds is 7. The SMILES string of the molecule is CN=C(NCCNC(=O)c1ccc(Cl)c(Cl)c1)NCCN1CCCCC1. The van der Waals surface area contributed by atoms with Gasteiger partial charge in [0.15, 0.2) is 5.96 Å².